The molecule has 0 aliphatic carbocycles. The molecule has 1 N–H and O–H groups in total. The van der Waals surface area contributed by atoms with E-state index in [1.54, 1.807) is 18.2 Å². The van der Waals surface area contributed by atoms with Gasteiger partial charge < -0.3 is 5.32 Å². The van der Waals surface area contributed by atoms with Crippen LogP contribution in [0, 0.1) is 0 Å². The van der Waals surface area contributed by atoms with Crippen LogP contribution in [0.15, 0.2) is 53.4 Å². The minimum Gasteiger partial charge on any atom is -0.325 e. The van der Waals surface area contributed by atoms with Crippen LogP contribution >= 0.6 is 11.6 Å². The zero-order valence-electron chi connectivity index (χ0n) is 17.0. The van der Waals surface area contributed by atoms with Crippen LogP contribution in [0.25, 0.3) is 0 Å². The van der Waals surface area contributed by atoms with E-state index >= 15 is 0 Å². The minimum absolute atomic E-state index is 0.157. The lowest BCUT2D eigenvalue weighted by Gasteiger charge is -2.26. The molecular formula is C20H24ClN3O5S2. The van der Waals surface area contributed by atoms with Crippen molar-refractivity contribution in [2.45, 2.75) is 24.2 Å². The van der Waals surface area contributed by atoms with Gasteiger partial charge in [-0.15, -0.1) is 0 Å². The first-order valence-corrected chi connectivity index (χ1v) is 13.4. The first kappa shape index (κ1) is 23.5. The average molecular weight is 486 g/mol. The van der Waals surface area contributed by atoms with E-state index < -0.39 is 32.5 Å². The maximum Gasteiger partial charge on any atom is 0.245 e. The third-order valence-corrected chi connectivity index (χ3v) is 8.16. The highest BCUT2D eigenvalue weighted by molar-refractivity contribution is 7.92. The number of carbonyl (C=O) groups excluding carboxylic acids is 1. The van der Waals surface area contributed by atoms with Gasteiger partial charge in [0.25, 0.3) is 0 Å². The van der Waals surface area contributed by atoms with Crippen LogP contribution in [0.5, 0.6) is 0 Å². The fourth-order valence-electron chi connectivity index (χ4n) is 3.33. The number of nitrogens with zero attached hydrogens (tertiary/aromatic N) is 2. The van der Waals surface area contributed by atoms with Gasteiger partial charge in [-0.2, -0.15) is 4.31 Å². The van der Waals surface area contributed by atoms with E-state index in [2.05, 4.69) is 5.32 Å². The summed E-state index contributed by atoms with van der Waals surface area (Å²) in [7, 11) is -7.30. The molecule has 11 heteroatoms. The molecule has 1 amide bonds. The van der Waals surface area contributed by atoms with Crippen LogP contribution in [0.2, 0.25) is 5.02 Å². The summed E-state index contributed by atoms with van der Waals surface area (Å²) in [5.41, 5.74) is 0.635. The molecule has 2 aromatic carbocycles. The van der Waals surface area contributed by atoms with Crippen LogP contribution in [0.1, 0.15) is 19.3 Å². The number of piperidine rings is 1. The molecule has 1 saturated heterocycles. The van der Waals surface area contributed by atoms with E-state index in [9.17, 15) is 21.6 Å². The van der Waals surface area contributed by atoms with Gasteiger partial charge in [0.1, 0.15) is 6.54 Å². The number of hydrogen-bond acceptors (Lipinski definition) is 5. The Balaban J connectivity index is 1.71. The molecular weight excluding hydrogens is 462 g/mol. The summed E-state index contributed by atoms with van der Waals surface area (Å²) in [6.45, 7) is 0.560. The lowest BCUT2D eigenvalue weighted by atomic mass is 10.2. The highest BCUT2D eigenvalue weighted by atomic mass is 35.5. The van der Waals surface area contributed by atoms with Crippen LogP contribution in [-0.2, 0) is 24.8 Å². The van der Waals surface area contributed by atoms with Crippen molar-refractivity contribution < 1.29 is 21.6 Å². The number of nitrogens with one attached hydrogen (secondary N) is 1. The third-order valence-electron chi connectivity index (χ3n) is 4.87. The summed E-state index contributed by atoms with van der Waals surface area (Å²) in [5, 5.41) is 2.95. The van der Waals surface area contributed by atoms with Crippen molar-refractivity contribution in [1.29, 1.82) is 0 Å². The normalized spacial score (nSPS) is 15.4. The van der Waals surface area contributed by atoms with Gasteiger partial charge in [0.05, 0.1) is 16.8 Å². The van der Waals surface area contributed by atoms with Gasteiger partial charge in [0, 0.05) is 23.8 Å². The van der Waals surface area contributed by atoms with E-state index in [4.69, 9.17) is 11.6 Å². The number of halogens is 1. The first-order valence-electron chi connectivity index (χ1n) is 9.71. The summed E-state index contributed by atoms with van der Waals surface area (Å²) in [6.07, 6.45) is 3.71. The summed E-state index contributed by atoms with van der Waals surface area (Å²) < 4.78 is 52.2. The Morgan fingerprint density at radius 1 is 1.03 bits per heavy atom. The molecule has 3 rings (SSSR count). The molecule has 8 nitrogen and oxygen atoms in total. The van der Waals surface area contributed by atoms with Crippen LogP contribution in [0.4, 0.5) is 11.4 Å². The predicted molar refractivity (Wildman–Crippen MR) is 121 cm³/mol. The lowest BCUT2D eigenvalue weighted by Crippen LogP contribution is -2.37. The molecule has 0 spiro atoms. The first-order chi connectivity index (χ1) is 14.6. The molecule has 0 atom stereocenters. The van der Waals surface area contributed by atoms with Gasteiger partial charge in [-0.05, 0) is 55.3 Å². The van der Waals surface area contributed by atoms with Crippen molar-refractivity contribution >= 4 is 48.9 Å². The maximum absolute atomic E-state index is 12.7. The van der Waals surface area contributed by atoms with Crippen molar-refractivity contribution in [3.8, 4) is 0 Å². The quantitative estimate of drug-likeness (QED) is 0.649. The molecule has 168 valence electrons. The molecule has 0 aromatic heterocycles. The van der Waals surface area contributed by atoms with E-state index in [0.29, 0.717) is 23.8 Å². The number of carbonyl (C=O) groups is 1. The molecule has 0 saturated carbocycles. The molecule has 1 heterocycles. The summed E-state index contributed by atoms with van der Waals surface area (Å²) in [6, 6.07) is 12.0. The molecule has 1 aliphatic rings. The Labute approximate surface area is 187 Å². The smallest absolute Gasteiger partial charge is 0.245 e. The van der Waals surface area contributed by atoms with Gasteiger partial charge in [-0.3, -0.25) is 9.10 Å². The molecule has 0 unspecified atom stereocenters. The van der Waals surface area contributed by atoms with Crippen LogP contribution in [-0.4, -0.2) is 52.9 Å². The van der Waals surface area contributed by atoms with E-state index in [-0.39, 0.29) is 10.6 Å². The number of anilines is 2. The highest BCUT2D eigenvalue weighted by Crippen LogP contribution is 2.23. The molecule has 0 bridgehead atoms. The minimum atomic E-state index is -3.73. The second-order valence-electron chi connectivity index (χ2n) is 7.29. The largest absolute Gasteiger partial charge is 0.325 e. The Hall–Kier alpha value is -2.14. The molecule has 31 heavy (non-hydrogen) atoms. The fraction of sp³-hybridized carbons (Fsp3) is 0.350. The van der Waals surface area contributed by atoms with Gasteiger partial charge in [0.15, 0.2) is 0 Å². The summed E-state index contributed by atoms with van der Waals surface area (Å²) in [4.78, 5) is 12.6. The van der Waals surface area contributed by atoms with Crippen LogP contribution in [0.3, 0.4) is 0 Å². The van der Waals surface area contributed by atoms with Crippen molar-refractivity contribution in [2.24, 2.45) is 0 Å². The number of rotatable bonds is 7. The maximum atomic E-state index is 12.7. The van der Waals surface area contributed by atoms with E-state index in [1.807, 2.05) is 0 Å². The molecule has 0 radical (unpaired) electrons. The highest BCUT2D eigenvalue weighted by Gasteiger charge is 2.26. The Kier molecular flexibility index (Phi) is 7.25. The number of hydrogen-bond donors (Lipinski definition) is 1. The Morgan fingerprint density at radius 3 is 2.26 bits per heavy atom. The van der Waals surface area contributed by atoms with E-state index in [1.165, 1.54) is 34.6 Å². The molecule has 1 aliphatic heterocycles. The van der Waals surface area contributed by atoms with Gasteiger partial charge >= 0.3 is 0 Å². The standard InChI is InChI=1S/C20H24ClN3O5S2/c1-30(26,27)24(18-7-5-6-16(21)14-18)15-20(25)22-17-8-10-19(11-9-17)31(28,29)23-12-3-2-4-13-23/h5-11,14H,2-4,12-13,15H2,1H3,(H,22,25). The monoisotopic (exact) mass is 485 g/mol. The Bertz CT molecular complexity index is 1150. The third kappa shape index (κ3) is 5.97. The van der Waals surface area contributed by atoms with Crippen molar-refractivity contribution in [3.63, 3.8) is 0 Å². The number of sulfonamides is 2. The average Bonchev–Trinajstić information content (AvgIpc) is 2.72. The lowest BCUT2D eigenvalue weighted by molar-refractivity contribution is -0.114. The van der Waals surface area contributed by atoms with Gasteiger partial charge in [-0.1, -0.05) is 24.1 Å². The summed E-state index contributed by atoms with van der Waals surface area (Å²) >= 11 is 5.94. The van der Waals surface area contributed by atoms with Gasteiger partial charge in [-0.25, -0.2) is 16.8 Å². The van der Waals surface area contributed by atoms with E-state index in [0.717, 1.165) is 29.8 Å². The number of amides is 1. The predicted octanol–water partition coefficient (Wildman–Crippen LogP) is 2.92. The number of benzene rings is 2. The van der Waals surface area contributed by atoms with Crippen molar-refractivity contribution in [1.82, 2.24) is 4.31 Å². The Morgan fingerprint density at radius 2 is 1.68 bits per heavy atom. The zero-order valence-corrected chi connectivity index (χ0v) is 19.4. The zero-order chi connectivity index (χ0) is 22.6. The second-order valence-corrected chi connectivity index (χ2v) is 11.6. The van der Waals surface area contributed by atoms with Crippen molar-refractivity contribution in [3.05, 3.63) is 53.6 Å². The SMILES string of the molecule is CS(=O)(=O)N(CC(=O)Nc1ccc(S(=O)(=O)N2CCCCC2)cc1)c1cccc(Cl)c1. The molecule has 1 fully saturated rings. The van der Waals surface area contributed by atoms with Crippen LogP contribution < -0.4 is 9.62 Å². The van der Waals surface area contributed by atoms with Crippen molar-refractivity contribution in [2.75, 3.05) is 35.5 Å². The summed E-state index contributed by atoms with van der Waals surface area (Å²) in [5.74, 6) is -0.572. The fourth-order valence-corrected chi connectivity index (χ4v) is 5.88. The topological polar surface area (TPSA) is 104 Å². The van der Waals surface area contributed by atoms with Gasteiger partial charge in [0.2, 0.25) is 26.0 Å². The molecule has 2 aromatic rings. The second kappa shape index (κ2) is 9.56.